The van der Waals surface area contributed by atoms with Gasteiger partial charge < -0.3 is 15.7 Å². The van der Waals surface area contributed by atoms with Gasteiger partial charge in [-0.15, -0.1) is 0 Å². The van der Waals surface area contributed by atoms with Crippen molar-refractivity contribution in [2.45, 2.75) is 59.8 Å². The van der Waals surface area contributed by atoms with Gasteiger partial charge >= 0.3 is 12.0 Å². The van der Waals surface area contributed by atoms with Gasteiger partial charge in [0.05, 0.1) is 0 Å². The zero-order valence-electron chi connectivity index (χ0n) is 13.8. The largest absolute Gasteiger partial charge is 0.481 e. The smallest absolute Gasteiger partial charge is 0.314 e. The summed E-state index contributed by atoms with van der Waals surface area (Å²) >= 11 is 0. The van der Waals surface area contributed by atoms with E-state index in [1.165, 1.54) is 12.8 Å². The van der Waals surface area contributed by atoms with Crippen molar-refractivity contribution < 1.29 is 14.7 Å². The molecule has 0 aromatic heterocycles. The molecule has 0 heterocycles. The molecular weight excluding hydrogens is 268 g/mol. The molecule has 1 fully saturated rings. The fourth-order valence-electron chi connectivity index (χ4n) is 2.41. The van der Waals surface area contributed by atoms with Gasteiger partial charge in [0.1, 0.15) is 0 Å². The molecule has 0 aliphatic heterocycles. The summed E-state index contributed by atoms with van der Waals surface area (Å²) in [5.41, 5.74) is 0.363. The molecule has 3 N–H and O–H groups in total. The quantitative estimate of drug-likeness (QED) is 0.644. The van der Waals surface area contributed by atoms with Gasteiger partial charge in [-0.3, -0.25) is 4.79 Å². The summed E-state index contributed by atoms with van der Waals surface area (Å²) in [7, 11) is 0. The Hall–Kier alpha value is -1.26. The number of hydrogen-bond acceptors (Lipinski definition) is 2. The number of amides is 2. The molecule has 0 aromatic carbocycles. The molecule has 0 bridgehead atoms. The standard InChI is InChI=1S/C16H30N2O3/c1-15(2,3)12(5-6-13(19)20)7-10-17-14(21)18-11-16(4)8-9-16/h12H,5-11H2,1-4H3,(H,19,20)(H2,17,18,21). The van der Waals surface area contributed by atoms with Gasteiger partial charge in [0.15, 0.2) is 0 Å². The normalized spacial score (nSPS) is 17.9. The molecule has 5 heteroatoms. The Labute approximate surface area is 127 Å². The summed E-state index contributed by atoms with van der Waals surface area (Å²) in [6.45, 7) is 9.86. The Kier molecular flexibility index (Phi) is 6.05. The zero-order valence-corrected chi connectivity index (χ0v) is 13.8. The highest BCUT2D eigenvalue weighted by Gasteiger charge is 2.37. The Morgan fingerprint density at radius 3 is 2.29 bits per heavy atom. The van der Waals surface area contributed by atoms with Gasteiger partial charge in [-0.25, -0.2) is 4.79 Å². The zero-order chi connectivity index (χ0) is 16.1. The van der Waals surface area contributed by atoms with Gasteiger partial charge in [-0.05, 0) is 42.4 Å². The monoisotopic (exact) mass is 298 g/mol. The lowest BCUT2D eigenvalue weighted by Crippen LogP contribution is -2.39. The van der Waals surface area contributed by atoms with Crippen LogP contribution in [0.15, 0.2) is 0 Å². The first-order chi connectivity index (χ1) is 9.62. The van der Waals surface area contributed by atoms with Crippen molar-refractivity contribution in [1.82, 2.24) is 10.6 Å². The molecule has 1 saturated carbocycles. The molecule has 2 amide bonds. The summed E-state index contributed by atoms with van der Waals surface area (Å²) in [6, 6.07) is -0.117. The minimum atomic E-state index is -0.757. The van der Waals surface area contributed by atoms with Crippen LogP contribution >= 0.6 is 0 Å². The van der Waals surface area contributed by atoms with E-state index in [1.54, 1.807) is 0 Å². The number of carboxylic acids is 1. The second-order valence-corrected chi connectivity index (χ2v) is 7.70. The Balaban J connectivity index is 2.25. The predicted molar refractivity (Wildman–Crippen MR) is 83.2 cm³/mol. The van der Waals surface area contributed by atoms with E-state index in [0.29, 0.717) is 18.4 Å². The number of urea groups is 1. The van der Waals surface area contributed by atoms with Crippen LogP contribution in [0, 0.1) is 16.7 Å². The number of rotatable bonds is 8. The minimum absolute atomic E-state index is 0.0507. The van der Waals surface area contributed by atoms with Gasteiger partial charge in [0.25, 0.3) is 0 Å². The topological polar surface area (TPSA) is 78.4 Å². The Bertz CT molecular complexity index is 370. The summed E-state index contributed by atoms with van der Waals surface area (Å²) in [6.07, 6.45) is 4.03. The molecule has 0 aromatic rings. The molecule has 0 spiro atoms. The number of carboxylic acid groups (broad SMARTS) is 1. The Morgan fingerprint density at radius 1 is 1.19 bits per heavy atom. The second-order valence-electron chi connectivity index (χ2n) is 7.70. The molecule has 5 nitrogen and oxygen atoms in total. The highest BCUT2D eigenvalue weighted by Crippen LogP contribution is 2.43. The molecule has 122 valence electrons. The van der Waals surface area contributed by atoms with Crippen LogP contribution in [0.4, 0.5) is 4.79 Å². The van der Waals surface area contributed by atoms with Gasteiger partial charge in [-0.2, -0.15) is 0 Å². The summed E-state index contributed by atoms with van der Waals surface area (Å²) < 4.78 is 0. The first-order valence-corrected chi connectivity index (χ1v) is 7.86. The molecular formula is C16H30N2O3. The molecule has 1 aliphatic carbocycles. The van der Waals surface area contributed by atoms with E-state index >= 15 is 0 Å². The van der Waals surface area contributed by atoms with Crippen molar-refractivity contribution in [3.63, 3.8) is 0 Å². The molecule has 1 rings (SSSR count). The minimum Gasteiger partial charge on any atom is -0.481 e. The van der Waals surface area contributed by atoms with E-state index < -0.39 is 5.97 Å². The number of hydrogen-bond donors (Lipinski definition) is 3. The second kappa shape index (κ2) is 7.14. The Morgan fingerprint density at radius 2 is 1.81 bits per heavy atom. The number of nitrogens with one attached hydrogen (secondary N) is 2. The number of carbonyl (C=O) groups is 2. The molecule has 1 atom stereocenters. The van der Waals surface area contributed by atoms with Crippen LogP contribution < -0.4 is 10.6 Å². The van der Waals surface area contributed by atoms with Gasteiger partial charge in [0, 0.05) is 19.5 Å². The van der Waals surface area contributed by atoms with Crippen LogP contribution in [0.25, 0.3) is 0 Å². The maximum absolute atomic E-state index is 11.7. The summed E-state index contributed by atoms with van der Waals surface area (Å²) in [5, 5.41) is 14.6. The van der Waals surface area contributed by atoms with Crippen LogP contribution in [0.1, 0.15) is 59.8 Å². The number of aliphatic carboxylic acids is 1. The van der Waals surface area contributed by atoms with Gasteiger partial charge in [0.2, 0.25) is 0 Å². The molecule has 0 radical (unpaired) electrons. The first kappa shape index (κ1) is 17.8. The highest BCUT2D eigenvalue weighted by molar-refractivity contribution is 5.73. The van der Waals surface area contributed by atoms with Crippen molar-refractivity contribution in [2.75, 3.05) is 13.1 Å². The number of carbonyl (C=O) groups excluding carboxylic acids is 1. The van der Waals surface area contributed by atoms with E-state index in [2.05, 4.69) is 38.3 Å². The van der Waals surface area contributed by atoms with Crippen molar-refractivity contribution in [2.24, 2.45) is 16.7 Å². The lowest BCUT2D eigenvalue weighted by atomic mass is 9.76. The summed E-state index contributed by atoms with van der Waals surface area (Å²) in [5.74, 6) is -0.470. The average molecular weight is 298 g/mol. The van der Waals surface area contributed by atoms with Crippen molar-refractivity contribution in [1.29, 1.82) is 0 Å². The van der Waals surface area contributed by atoms with Crippen molar-refractivity contribution >= 4 is 12.0 Å². The maximum Gasteiger partial charge on any atom is 0.314 e. The van der Waals surface area contributed by atoms with Crippen LogP contribution in [-0.4, -0.2) is 30.2 Å². The highest BCUT2D eigenvalue weighted by atomic mass is 16.4. The fraction of sp³-hybridized carbons (Fsp3) is 0.875. The first-order valence-electron chi connectivity index (χ1n) is 7.86. The van der Waals surface area contributed by atoms with Crippen molar-refractivity contribution in [3.8, 4) is 0 Å². The van der Waals surface area contributed by atoms with Crippen LogP contribution in [0.2, 0.25) is 0 Å². The molecule has 21 heavy (non-hydrogen) atoms. The van der Waals surface area contributed by atoms with E-state index in [-0.39, 0.29) is 23.8 Å². The molecule has 1 aliphatic rings. The van der Waals surface area contributed by atoms with Crippen LogP contribution in [-0.2, 0) is 4.79 Å². The third kappa shape index (κ3) is 7.34. The third-order valence-electron chi connectivity index (χ3n) is 4.49. The molecule has 1 unspecified atom stereocenters. The predicted octanol–water partition coefficient (Wildman–Crippen LogP) is 3.00. The average Bonchev–Trinajstić information content (AvgIpc) is 3.08. The van der Waals surface area contributed by atoms with Crippen LogP contribution in [0.3, 0.4) is 0 Å². The lowest BCUT2D eigenvalue weighted by Gasteiger charge is -2.30. The van der Waals surface area contributed by atoms with E-state index in [0.717, 1.165) is 13.0 Å². The van der Waals surface area contributed by atoms with E-state index in [4.69, 9.17) is 5.11 Å². The van der Waals surface area contributed by atoms with Crippen molar-refractivity contribution in [3.05, 3.63) is 0 Å². The van der Waals surface area contributed by atoms with Gasteiger partial charge in [-0.1, -0.05) is 27.7 Å². The fourth-order valence-corrected chi connectivity index (χ4v) is 2.41. The van der Waals surface area contributed by atoms with E-state index in [9.17, 15) is 9.59 Å². The third-order valence-corrected chi connectivity index (χ3v) is 4.49. The van der Waals surface area contributed by atoms with Crippen LogP contribution in [0.5, 0.6) is 0 Å². The maximum atomic E-state index is 11.7. The van der Waals surface area contributed by atoms with E-state index in [1.807, 2.05) is 0 Å². The molecule has 0 saturated heterocycles. The SMILES string of the molecule is CC1(CNC(=O)NCCC(CCC(=O)O)C(C)(C)C)CC1. The lowest BCUT2D eigenvalue weighted by molar-refractivity contribution is -0.137. The summed E-state index contributed by atoms with van der Waals surface area (Å²) in [4.78, 5) is 22.4.